The summed E-state index contributed by atoms with van der Waals surface area (Å²) in [5.74, 6) is -1.91. The molecule has 0 saturated carbocycles. The molecule has 1 aliphatic heterocycles. The highest BCUT2D eigenvalue weighted by molar-refractivity contribution is 6.51. The third kappa shape index (κ3) is 2.90. The first-order valence-electron chi connectivity index (χ1n) is 6.94. The molecule has 21 heavy (non-hydrogen) atoms. The molecule has 2 rings (SSSR count). The van der Waals surface area contributed by atoms with E-state index in [0.717, 1.165) is 12.5 Å². The number of carbonyl (C=O) groups is 2. The number of hydrogen-bond acceptors (Lipinski definition) is 4. The lowest BCUT2D eigenvalue weighted by molar-refractivity contribution is -0.112. The van der Waals surface area contributed by atoms with Crippen LogP contribution in [0.5, 0.6) is 0 Å². The molecule has 1 aromatic rings. The number of ketones is 1. The number of carbonyl (C=O) groups excluding carboxylic acids is 2. The summed E-state index contributed by atoms with van der Waals surface area (Å²) in [6, 6.07) is 2.77. The summed E-state index contributed by atoms with van der Waals surface area (Å²) in [6.07, 6.45) is 0.839. The fourth-order valence-corrected chi connectivity index (χ4v) is 2.36. The number of fused-ring (bicyclic) bond motifs is 1. The van der Waals surface area contributed by atoms with Gasteiger partial charge in [0.1, 0.15) is 5.82 Å². The van der Waals surface area contributed by atoms with Crippen LogP contribution in [0.15, 0.2) is 12.1 Å². The van der Waals surface area contributed by atoms with Crippen LogP contribution in [-0.2, 0) is 9.53 Å². The average Bonchev–Trinajstić information content (AvgIpc) is 2.74. The summed E-state index contributed by atoms with van der Waals surface area (Å²) >= 11 is 0. The van der Waals surface area contributed by atoms with Gasteiger partial charge in [-0.2, -0.15) is 0 Å². The summed E-state index contributed by atoms with van der Waals surface area (Å²) < 4.78 is 19.4. The van der Waals surface area contributed by atoms with E-state index in [4.69, 9.17) is 4.74 Å². The second kappa shape index (κ2) is 6.22. The standard InChI is InChI=1S/C15H19FN2O3/c1-4-9(2)18(5-6-21-3)13-8-12-10(7-11(13)16)14(19)15(20)17-12/h7-9H,4-6H2,1-3H3,(H,17,19,20). The summed E-state index contributed by atoms with van der Waals surface area (Å²) in [5.41, 5.74) is 0.833. The second-order valence-corrected chi connectivity index (χ2v) is 5.08. The first-order chi connectivity index (χ1) is 9.99. The van der Waals surface area contributed by atoms with E-state index in [9.17, 15) is 14.0 Å². The zero-order valence-electron chi connectivity index (χ0n) is 12.4. The smallest absolute Gasteiger partial charge is 0.296 e. The summed E-state index contributed by atoms with van der Waals surface area (Å²) in [6.45, 7) is 5.00. The van der Waals surface area contributed by atoms with Crippen molar-refractivity contribution in [2.45, 2.75) is 26.3 Å². The van der Waals surface area contributed by atoms with E-state index in [2.05, 4.69) is 5.32 Å². The molecule has 1 atom stereocenters. The van der Waals surface area contributed by atoms with E-state index in [1.54, 1.807) is 7.11 Å². The van der Waals surface area contributed by atoms with E-state index in [0.29, 0.717) is 24.5 Å². The first-order valence-corrected chi connectivity index (χ1v) is 6.94. The topological polar surface area (TPSA) is 58.6 Å². The number of Topliss-reactive ketones (excluding diaryl/α,β-unsaturated/α-hetero) is 1. The van der Waals surface area contributed by atoms with Gasteiger partial charge in [0.05, 0.1) is 23.5 Å². The van der Waals surface area contributed by atoms with Gasteiger partial charge in [-0.15, -0.1) is 0 Å². The SMILES string of the molecule is CCC(C)N(CCOC)c1cc2c(cc1F)C(=O)C(=O)N2. The molecule has 0 fully saturated rings. The summed E-state index contributed by atoms with van der Waals surface area (Å²) in [7, 11) is 1.59. The Hall–Kier alpha value is -1.95. The molecule has 1 N–H and O–H groups in total. The zero-order chi connectivity index (χ0) is 15.6. The predicted molar refractivity (Wildman–Crippen MR) is 78.3 cm³/mol. The molecule has 0 radical (unpaired) electrons. The number of nitrogens with one attached hydrogen (secondary N) is 1. The average molecular weight is 294 g/mol. The van der Waals surface area contributed by atoms with Crippen LogP contribution in [0.25, 0.3) is 0 Å². The molecule has 1 heterocycles. The molecular weight excluding hydrogens is 275 g/mol. The minimum atomic E-state index is -0.714. The molecule has 5 nitrogen and oxygen atoms in total. The lowest BCUT2D eigenvalue weighted by Gasteiger charge is -2.31. The van der Waals surface area contributed by atoms with Gasteiger partial charge in [0.15, 0.2) is 0 Å². The van der Waals surface area contributed by atoms with Crippen molar-refractivity contribution in [1.82, 2.24) is 0 Å². The van der Waals surface area contributed by atoms with E-state index >= 15 is 0 Å². The highest BCUT2D eigenvalue weighted by atomic mass is 19.1. The van der Waals surface area contributed by atoms with Crippen molar-refractivity contribution in [3.63, 3.8) is 0 Å². The normalized spacial score (nSPS) is 14.9. The number of amides is 1. The minimum absolute atomic E-state index is 0.0945. The number of benzene rings is 1. The van der Waals surface area contributed by atoms with Gasteiger partial charge in [-0.3, -0.25) is 9.59 Å². The predicted octanol–water partition coefficient (Wildman–Crippen LogP) is 2.21. The van der Waals surface area contributed by atoms with Crippen molar-refractivity contribution in [3.05, 3.63) is 23.5 Å². The van der Waals surface area contributed by atoms with E-state index < -0.39 is 17.5 Å². The van der Waals surface area contributed by atoms with Gasteiger partial charge in [0.25, 0.3) is 11.7 Å². The van der Waals surface area contributed by atoms with Crippen molar-refractivity contribution in [1.29, 1.82) is 0 Å². The fraction of sp³-hybridized carbons (Fsp3) is 0.467. The Balaban J connectivity index is 2.40. The molecule has 0 aliphatic carbocycles. The van der Waals surface area contributed by atoms with Crippen molar-refractivity contribution in [3.8, 4) is 0 Å². The van der Waals surface area contributed by atoms with Crippen molar-refractivity contribution in [2.24, 2.45) is 0 Å². The monoisotopic (exact) mass is 294 g/mol. The zero-order valence-corrected chi connectivity index (χ0v) is 12.4. The maximum absolute atomic E-state index is 14.3. The number of rotatable bonds is 6. The molecule has 1 unspecified atom stereocenters. The number of methoxy groups -OCH3 is 1. The maximum atomic E-state index is 14.3. The van der Waals surface area contributed by atoms with Gasteiger partial charge >= 0.3 is 0 Å². The Morgan fingerprint density at radius 3 is 2.71 bits per heavy atom. The van der Waals surface area contributed by atoms with E-state index in [1.807, 2.05) is 18.7 Å². The van der Waals surface area contributed by atoms with E-state index in [1.165, 1.54) is 6.07 Å². The van der Waals surface area contributed by atoms with Gasteiger partial charge in [0, 0.05) is 19.7 Å². The molecule has 1 amide bonds. The van der Waals surface area contributed by atoms with Gasteiger partial charge < -0.3 is 15.0 Å². The first kappa shape index (κ1) is 15.4. The molecule has 0 aromatic heterocycles. The third-order valence-corrected chi connectivity index (χ3v) is 3.75. The summed E-state index contributed by atoms with van der Waals surface area (Å²) in [4.78, 5) is 24.8. The molecule has 1 aromatic carbocycles. The van der Waals surface area contributed by atoms with Crippen LogP contribution in [0.4, 0.5) is 15.8 Å². The quantitative estimate of drug-likeness (QED) is 0.817. The molecule has 6 heteroatoms. The second-order valence-electron chi connectivity index (χ2n) is 5.08. The number of halogens is 1. The molecule has 1 aliphatic rings. The Kier molecular flexibility index (Phi) is 4.57. The third-order valence-electron chi connectivity index (χ3n) is 3.75. The molecule has 0 bridgehead atoms. The summed E-state index contributed by atoms with van der Waals surface area (Å²) in [5, 5.41) is 2.47. The number of anilines is 2. The minimum Gasteiger partial charge on any atom is -0.383 e. The van der Waals surface area contributed by atoms with Crippen LogP contribution in [0.2, 0.25) is 0 Å². The molecular formula is C15H19FN2O3. The Bertz CT molecular complexity index is 574. The Labute approximate surface area is 123 Å². The van der Waals surface area contributed by atoms with Gasteiger partial charge in [-0.05, 0) is 25.5 Å². The Morgan fingerprint density at radius 1 is 1.38 bits per heavy atom. The molecule has 114 valence electrons. The van der Waals surface area contributed by atoms with Crippen molar-refractivity contribution < 1.29 is 18.7 Å². The van der Waals surface area contributed by atoms with E-state index in [-0.39, 0.29) is 11.6 Å². The lowest BCUT2D eigenvalue weighted by atomic mass is 10.1. The molecule has 0 spiro atoms. The highest BCUT2D eigenvalue weighted by Crippen LogP contribution is 2.32. The fourth-order valence-electron chi connectivity index (χ4n) is 2.36. The van der Waals surface area contributed by atoms with Crippen LogP contribution >= 0.6 is 0 Å². The maximum Gasteiger partial charge on any atom is 0.296 e. The van der Waals surface area contributed by atoms with Gasteiger partial charge in [-0.25, -0.2) is 4.39 Å². The van der Waals surface area contributed by atoms with Crippen LogP contribution in [-0.4, -0.2) is 38.0 Å². The van der Waals surface area contributed by atoms with Crippen LogP contribution in [0.3, 0.4) is 0 Å². The lowest BCUT2D eigenvalue weighted by Crippen LogP contribution is -2.36. The largest absolute Gasteiger partial charge is 0.383 e. The Morgan fingerprint density at radius 2 is 2.10 bits per heavy atom. The van der Waals surface area contributed by atoms with Gasteiger partial charge in [-0.1, -0.05) is 6.92 Å². The van der Waals surface area contributed by atoms with Crippen molar-refractivity contribution >= 4 is 23.1 Å². The number of ether oxygens (including phenoxy) is 1. The number of nitrogens with zero attached hydrogens (tertiary/aromatic N) is 1. The molecule has 0 saturated heterocycles. The number of hydrogen-bond donors (Lipinski definition) is 1. The highest BCUT2D eigenvalue weighted by Gasteiger charge is 2.30. The van der Waals surface area contributed by atoms with Crippen LogP contribution in [0, 0.1) is 5.82 Å². The van der Waals surface area contributed by atoms with Crippen LogP contribution < -0.4 is 10.2 Å². The van der Waals surface area contributed by atoms with Crippen LogP contribution in [0.1, 0.15) is 30.6 Å². The van der Waals surface area contributed by atoms with Crippen molar-refractivity contribution in [2.75, 3.05) is 30.5 Å². The van der Waals surface area contributed by atoms with Gasteiger partial charge in [0.2, 0.25) is 0 Å².